The Morgan fingerprint density at radius 1 is 1.35 bits per heavy atom. The molecule has 1 N–H and O–H groups in total. The van der Waals surface area contributed by atoms with E-state index in [0.717, 1.165) is 15.6 Å². The van der Waals surface area contributed by atoms with Crippen LogP contribution in [-0.2, 0) is 0 Å². The van der Waals surface area contributed by atoms with Gasteiger partial charge in [0.25, 0.3) is 5.56 Å². The number of pyridine rings is 2. The van der Waals surface area contributed by atoms with Crippen LogP contribution in [0.3, 0.4) is 0 Å². The zero-order valence-electron chi connectivity index (χ0n) is 10.7. The maximum absolute atomic E-state index is 12.4. The van der Waals surface area contributed by atoms with Crippen molar-refractivity contribution in [1.82, 2.24) is 19.7 Å². The molecule has 0 radical (unpaired) electrons. The van der Waals surface area contributed by atoms with E-state index in [4.69, 9.17) is 0 Å². The van der Waals surface area contributed by atoms with Gasteiger partial charge in [-0.25, -0.2) is 9.67 Å². The Morgan fingerprint density at radius 2 is 2.20 bits per heavy atom. The van der Waals surface area contributed by atoms with Crippen molar-refractivity contribution in [2.24, 2.45) is 0 Å². The van der Waals surface area contributed by atoms with Crippen molar-refractivity contribution in [1.29, 1.82) is 0 Å². The second kappa shape index (κ2) is 5.05. The smallest absolute Gasteiger partial charge is 0.280 e. The molecule has 0 spiro atoms. The number of hydrogen-bond donors (Lipinski definition) is 1. The summed E-state index contributed by atoms with van der Waals surface area (Å²) >= 11 is 3.39. The van der Waals surface area contributed by atoms with Gasteiger partial charge in [0.1, 0.15) is 0 Å². The largest absolute Gasteiger partial charge is 0.296 e. The normalized spacial score (nSPS) is 10.7. The third kappa shape index (κ3) is 2.18. The Morgan fingerprint density at radius 3 is 2.90 bits per heavy atom. The predicted octanol–water partition coefficient (Wildman–Crippen LogP) is 2.69. The maximum Gasteiger partial charge on any atom is 0.280 e. The first-order chi connectivity index (χ1) is 9.66. The van der Waals surface area contributed by atoms with Gasteiger partial charge in [-0.1, -0.05) is 6.07 Å². The van der Waals surface area contributed by atoms with Crippen LogP contribution in [0.4, 0.5) is 0 Å². The Labute approximate surface area is 123 Å². The molecule has 6 heteroatoms. The molecule has 0 atom stereocenters. The number of nitrogens with one attached hydrogen (secondary N) is 1. The lowest BCUT2D eigenvalue weighted by atomic mass is 10.2. The minimum atomic E-state index is -0.146. The van der Waals surface area contributed by atoms with Crippen LogP contribution in [0.15, 0.2) is 52.3 Å². The average Bonchev–Trinajstić information content (AvgIpc) is 2.85. The molecule has 3 heterocycles. The highest BCUT2D eigenvalue weighted by atomic mass is 79.9. The second-order valence-corrected chi connectivity index (χ2v) is 5.22. The SMILES string of the molecule is Cc1cc(-n2[nH]cc(-c3cccnc3)c2=O)ncc1Br. The van der Waals surface area contributed by atoms with Crippen LogP contribution in [-0.4, -0.2) is 19.7 Å². The third-order valence-electron chi connectivity index (χ3n) is 3.01. The van der Waals surface area contributed by atoms with Gasteiger partial charge in [-0.05, 0) is 40.5 Å². The zero-order valence-corrected chi connectivity index (χ0v) is 12.3. The molecule has 0 bridgehead atoms. The highest BCUT2D eigenvalue weighted by molar-refractivity contribution is 9.10. The number of halogens is 1. The summed E-state index contributed by atoms with van der Waals surface area (Å²) in [6.45, 7) is 1.95. The fourth-order valence-corrected chi connectivity index (χ4v) is 2.13. The van der Waals surface area contributed by atoms with Crippen molar-refractivity contribution in [3.8, 4) is 16.9 Å². The minimum Gasteiger partial charge on any atom is -0.296 e. The average molecular weight is 331 g/mol. The molecule has 5 nitrogen and oxygen atoms in total. The summed E-state index contributed by atoms with van der Waals surface area (Å²) in [5, 5.41) is 2.93. The molecule has 0 fully saturated rings. The molecular weight excluding hydrogens is 320 g/mol. The molecule has 3 aromatic heterocycles. The maximum atomic E-state index is 12.4. The lowest BCUT2D eigenvalue weighted by Gasteiger charge is -2.03. The van der Waals surface area contributed by atoms with E-state index in [-0.39, 0.29) is 5.56 Å². The summed E-state index contributed by atoms with van der Waals surface area (Å²) in [4.78, 5) is 20.7. The highest BCUT2D eigenvalue weighted by Gasteiger charge is 2.11. The minimum absolute atomic E-state index is 0.146. The monoisotopic (exact) mass is 330 g/mol. The van der Waals surface area contributed by atoms with Gasteiger partial charge < -0.3 is 0 Å². The van der Waals surface area contributed by atoms with Gasteiger partial charge in [0.15, 0.2) is 5.82 Å². The molecule has 100 valence electrons. The summed E-state index contributed by atoms with van der Waals surface area (Å²) in [7, 11) is 0. The molecule has 3 rings (SSSR count). The number of rotatable bonds is 2. The topological polar surface area (TPSA) is 63.6 Å². The highest BCUT2D eigenvalue weighted by Crippen LogP contribution is 2.17. The van der Waals surface area contributed by atoms with Crippen LogP contribution in [0, 0.1) is 6.92 Å². The molecule has 0 amide bonds. The van der Waals surface area contributed by atoms with Crippen LogP contribution in [0.1, 0.15) is 5.56 Å². The predicted molar refractivity (Wildman–Crippen MR) is 79.9 cm³/mol. The summed E-state index contributed by atoms with van der Waals surface area (Å²) in [6.07, 6.45) is 6.68. The van der Waals surface area contributed by atoms with Crippen LogP contribution in [0.2, 0.25) is 0 Å². The van der Waals surface area contributed by atoms with Gasteiger partial charge in [0.05, 0.1) is 5.56 Å². The molecule has 0 aliphatic rings. The van der Waals surface area contributed by atoms with Gasteiger partial charge in [-0.2, -0.15) is 0 Å². The lowest BCUT2D eigenvalue weighted by Crippen LogP contribution is -2.17. The number of aromatic nitrogens is 4. The number of nitrogens with zero attached hydrogens (tertiary/aromatic N) is 3. The van der Waals surface area contributed by atoms with Gasteiger partial charge in [0, 0.05) is 34.8 Å². The summed E-state index contributed by atoms with van der Waals surface area (Å²) in [6, 6.07) is 5.49. The molecule has 0 aliphatic carbocycles. The lowest BCUT2D eigenvalue weighted by molar-refractivity contribution is 0.816. The third-order valence-corrected chi connectivity index (χ3v) is 3.84. The summed E-state index contributed by atoms with van der Waals surface area (Å²) < 4.78 is 2.33. The van der Waals surface area contributed by atoms with Gasteiger partial charge in [-0.15, -0.1) is 0 Å². The van der Waals surface area contributed by atoms with Crippen molar-refractivity contribution in [3.63, 3.8) is 0 Å². The molecule has 0 unspecified atom stereocenters. The van der Waals surface area contributed by atoms with Crippen molar-refractivity contribution in [2.45, 2.75) is 6.92 Å². The summed E-state index contributed by atoms with van der Waals surface area (Å²) in [5.74, 6) is 0.561. The fraction of sp³-hybridized carbons (Fsp3) is 0.0714. The number of H-pyrrole nitrogens is 1. The first kappa shape index (κ1) is 12.8. The van der Waals surface area contributed by atoms with Crippen molar-refractivity contribution in [2.75, 3.05) is 0 Å². The van der Waals surface area contributed by atoms with Crippen molar-refractivity contribution < 1.29 is 0 Å². The molecular formula is C14H11BrN4O. The van der Waals surface area contributed by atoms with E-state index in [1.54, 1.807) is 30.9 Å². The number of hydrogen-bond acceptors (Lipinski definition) is 3. The van der Waals surface area contributed by atoms with Gasteiger partial charge in [0.2, 0.25) is 0 Å². The number of aryl methyl sites for hydroxylation is 1. The van der Waals surface area contributed by atoms with Crippen molar-refractivity contribution >= 4 is 15.9 Å². The first-order valence-electron chi connectivity index (χ1n) is 6.00. The molecule has 0 saturated carbocycles. The van der Waals surface area contributed by atoms with E-state index >= 15 is 0 Å². The first-order valence-corrected chi connectivity index (χ1v) is 6.79. The molecule has 0 aromatic carbocycles. The molecule has 0 saturated heterocycles. The van der Waals surface area contributed by atoms with E-state index in [1.165, 1.54) is 4.68 Å². The molecule has 20 heavy (non-hydrogen) atoms. The zero-order chi connectivity index (χ0) is 14.1. The molecule has 3 aromatic rings. The Bertz CT molecular complexity index is 808. The molecule has 0 aliphatic heterocycles. The Hall–Kier alpha value is -2.21. The fourth-order valence-electron chi connectivity index (χ4n) is 1.92. The van der Waals surface area contributed by atoms with Gasteiger partial charge in [-0.3, -0.25) is 14.9 Å². The van der Waals surface area contributed by atoms with Crippen LogP contribution >= 0.6 is 15.9 Å². The van der Waals surface area contributed by atoms with Crippen LogP contribution < -0.4 is 5.56 Å². The quantitative estimate of drug-likeness (QED) is 0.785. The van der Waals surface area contributed by atoms with E-state index < -0.39 is 0 Å². The van der Waals surface area contributed by atoms with Crippen LogP contribution in [0.5, 0.6) is 0 Å². The van der Waals surface area contributed by atoms with Gasteiger partial charge >= 0.3 is 0 Å². The Balaban J connectivity index is 2.11. The van der Waals surface area contributed by atoms with Crippen molar-refractivity contribution in [3.05, 3.63) is 63.4 Å². The standard InChI is InChI=1S/C14H11BrN4O/c1-9-5-13(17-8-12(9)15)19-14(20)11(7-18-19)10-3-2-4-16-6-10/h2-8,18H,1H3. The van der Waals surface area contributed by atoms with E-state index in [1.807, 2.05) is 19.1 Å². The van der Waals surface area contributed by atoms with E-state index in [9.17, 15) is 4.79 Å². The second-order valence-electron chi connectivity index (χ2n) is 4.36. The number of aromatic amines is 1. The Kier molecular flexibility index (Phi) is 3.23. The van der Waals surface area contributed by atoms with Crippen LogP contribution in [0.25, 0.3) is 16.9 Å². The van der Waals surface area contributed by atoms with E-state index in [2.05, 4.69) is 31.0 Å². The summed E-state index contributed by atoms with van der Waals surface area (Å²) in [5.41, 5.74) is 2.22. The van der Waals surface area contributed by atoms with E-state index in [0.29, 0.717) is 11.4 Å².